The third-order valence-corrected chi connectivity index (χ3v) is 2.29. The van der Waals surface area contributed by atoms with Crippen LogP contribution in [0.4, 0.5) is 5.69 Å². The van der Waals surface area contributed by atoms with Crippen LogP contribution in [0.2, 0.25) is 0 Å². The second-order valence-electron chi connectivity index (χ2n) is 3.25. The minimum Gasteiger partial charge on any atom is -0.265 e. The van der Waals surface area contributed by atoms with Crippen LogP contribution in [0.5, 0.6) is 0 Å². The van der Waals surface area contributed by atoms with Gasteiger partial charge in [0.1, 0.15) is 11.4 Å². The third kappa shape index (κ3) is 2.12. The highest BCUT2D eigenvalue weighted by Gasteiger charge is 2.24. The Morgan fingerprint density at radius 2 is 2.29 bits per heavy atom. The molecule has 1 aromatic heterocycles. The maximum atomic E-state index is 10.8. The lowest BCUT2D eigenvalue weighted by Gasteiger charge is -2.02. The van der Waals surface area contributed by atoms with Gasteiger partial charge < -0.3 is 0 Å². The first-order valence-corrected chi connectivity index (χ1v) is 5.16. The fourth-order valence-electron chi connectivity index (χ4n) is 1.43. The number of nitro groups is 1. The molecule has 0 saturated carbocycles. The Morgan fingerprint density at radius 3 is 2.71 bits per heavy atom. The molecule has 0 saturated heterocycles. The Labute approximate surface area is 90.4 Å². The first kappa shape index (κ1) is 11.2. The van der Waals surface area contributed by atoms with E-state index in [1.807, 2.05) is 6.92 Å². The summed E-state index contributed by atoms with van der Waals surface area (Å²) in [6.07, 6.45) is 0.605. The quantitative estimate of drug-likeness (QED) is 0.475. The Kier molecular flexibility index (Phi) is 3.25. The largest absolute Gasteiger partial charge is 0.313 e. The van der Waals surface area contributed by atoms with Gasteiger partial charge in [-0.2, -0.15) is 5.10 Å². The summed E-state index contributed by atoms with van der Waals surface area (Å²) in [6, 6.07) is 0. The molecule has 1 unspecified atom stereocenters. The maximum Gasteiger partial charge on any atom is 0.313 e. The number of rotatable bonds is 3. The smallest absolute Gasteiger partial charge is 0.265 e. The van der Waals surface area contributed by atoms with E-state index in [4.69, 9.17) is 0 Å². The topological polar surface area (TPSA) is 61.0 Å². The summed E-state index contributed by atoms with van der Waals surface area (Å²) in [5.41, 5.74) is 1.27. The molecule has 78 valence electrons. The van der Waals surface area contributed by atoms with E-state index in [2.05, 4.69) is 21.0 Å². The molecule has 0 aliphatic rings. The molecular formula is C8H12BrN3O2. The van der Waals surface area contributed by atoms with E-state index in [-0.39, 0.29) is 15.4 Å². The Hall–Kier alpha value is -0.910. The predicted octanol–water partition coefficient (Wildman–Crippen LogP) is 1.96. The number of alkyl halides is 1. The van der Waals surface area contributed by atoms with Crippen LogP contribution in [0.1, 0.15) is 18.3 Å². The molecule has 0 aliphatic heterocycles. The molecule has 0 fully saturated rings. The van der Waals surface area contributed by atoms with E-state index in [1.54, 1.807) is 18.7 Å². The minimum atomic E-state index is -0.368. The van der Waals surface area contributed by atoms with Crippen molar-refractivity contribution >= 4 is 21.6 Å². The van der Waals surface area contributed by atoms with Gasteiger partial charge in [-0.15, -0.1) is 0 Å². The van der Waals surface area contributed by atoms with Gasteiger partial charge in [-0.05, 0) is 6.92 Å². The number of halogens is 1. The fraction of sp³-hybridized carbons (Fsp3) is 0.625. The lowest BCUT2D eigenvalue weighted by molar-refractivity contribution is -0.386. The molecule has 0 radical (unpaired) electrons. The molecule has 0 N–H and O–H groups in total. The summed E-state index contributed by atoms with van der Waals surface area (Å²) in [7, 11) is 1.73. The van der Waals surface area contributed by atoms with Crippen molar-refractivity contribution in [2.75, 3.05) is 0 Å². The zero-order valence-electron chi connectivity index (χ0n) is 8.32. The molecular weight excluding hydrogens is 250 g/mol. The zero-order valence-corrected chi connectivity index (χ0v) is 9.91. The number of hydrogen-bond acceptors (Lipinski definition) is 3. The lowest BCUT2D eigenvalue weighted by atomic mass is 10.2. The van der Waals surface area contributed by atoms with Crippen molar-refractivity contribution in [1.82, 2.24) is 9.78 Å². The van der Waals surface area contributed by atoms with Crippen molar-refractivity contribution in [3.63, 3.8) is 0 Å². The predicted molar refractivity (Wildman–Crippen MR) is 56.7 cm³/mol. The van der Waals surface area contributed by atoms with E-state index in [0.29, 0.717) is 17.8 Å². The van der Waals surface area contributed by atoms with Crippen LogP contribution in [0, 0.1) is 17.0 Å². The average molecular weight is 262 g/mol. The normalized spacial score (nSPS) is 12.9. The molecule has 5 nitrogen and oxygen atoms in total. The average Bonchev–Trinajstić information content (AvgIpc) is 2.25. The summed E-state index contributed by atoms with van der Waals surface area (Å²) in [5, 5.41) is 14.8. The van der Waals surface area contributed by atoms with Crippen LogP contribution < -0.4 is 0 Å². The monoisotopic (exact) mass is 261 g/mol. The van der Waals surface area contributed by atoms with Gasteiger partial charge in [-0.3, -0.25) is 14.8 Å². The van der Waals surface area contributed by atoms with Crippen LogP contribution in [0.3, 0.4) is 0 Å². The maximum absolute atomic E-state index is 10.8. The highest BCUT2D eigenvalue weighted by atomic mass is 79.9. The molecule has 0 aliphatic carbocycles. The summed E-state index contributed by atoms with van der Waals surface area (Å²) in [4.78, 5) is 10.6. The molecule has 1 heterocycles. The molecule has 0 bridgehead atoms. The minimum absolute atomic E-state index is 0.138. The van der Waals surface area contributed by atoms with Gasteiger partial charge in [0.15, 0.2) is 0 Å². The van der Waals surface area contributed by atoms with E-state index < -0.39 is 0 Å². The van der Waals surface area contributed by atoms with Gasteiger partial charge >= 0.3 is 5.69 Å². The molecule has 0 amide bonds. The van der Waals surface area contributed by atoms with E-state index in [9.17, 15) is 10.1 Å². The molecule has 0 aromatic carbocycles. The van der Waals surface area contributed by atoms with Crippen molar-refractivity contribution in [2.24, 2.45) is 7.05 Å². The number of aryl methyl sites for hydroxylation is 2. The van der Waals surface area contributed by atoms with Crippen molar-refractivity contribution in [3.8, 4) is 0 Å². The highest BCUT2D eigenvalue weighted by Crippen LogP contribution is 2.24. The Bertz CT molecular complexity index is 360. The number of nitrogens with zero attached hydrogens (tertiary/aromatic N) is 3. The lowest BCUT2D eigenvalue weighted by Crippen LogP contribution is -2.06. The van der Waals surface area contributed by atoms with Crippen molar-refractivity contribution in [1.29, 1.82) is 0 Å². The van der Waals surface area contributed by atoms with Gasteiger partial charge in [0.25, 0.3) is 0 Å². The third-order valence-electron chi connectivity index (χ3n) is 1.96. The van der Waals surface area contributed by atoms with Crippen LogP contribution >= 0.6 is 15.9 Å². The van der Waals surface area contributed by atoms with Crippen molar-refractivity contribution in [3.05, 3.63) is 21.5 Å². The highest BCUT2D eigenvalue weighted by molar-refractivity contribution is 9.09. The second kappa shape index (κ2) is 4.08. The van der Waals surface area contributed by atoms with Crippen LogP contribution in [-0.2, 0) is 13.5 Å². The summed E-state index contributed by atoms with van der Waals surface area (Å²) in [5.74, 6) is 0. The Balaban J connectivity index is 3.18. The molecule has 1 atom stereocenters. The summed E-state index contributed by atoms with van der Waals surface area (Å²) in [6.45, 7) is 3.60. The van der Waals surface area contributed by atoms with Gasteiger partial charge in [0, 0.05) is 18.3 Å². The van der Waals surface area contributed by atoms with Gasteiger partial charge in [0.2, 0.25) is 0 Å². The molecule has 6 heteroatoms. The van der Waals surface area contributed by atoms with E-state index in [0.717, 1.165) is 0 Å². The van der Waals surface area contributed by atoms with Crippen LogP contribution in [-0.4, -0.2) is 19.5 Å². The van der Waals surface area contributed by atoms with Gasteiger partial charge in [-0.1, -0.05) is 22.9 Å². The zero-order chi connectivity index (χ0) is 10.9. The van der Waals surface area contributed by atoms with Gasteiger partial charge in [-0.25, -0.2) is 0 Å². The first-order chi connectivity index (χ1) is 6.43. The van der Waals surface area contributed by atoms with Crippen molar-refractivity contribution in [2.45, 2.75) is 25.1 Å². The first-order valence-electron chi connectivity index (χ1n) is 4.24. The van der Waals surface area contributed by atoms with E-state index >= 15 is 0 Å². The van der Waals surface area contributed by atoms with Gasteiger partial charge in [0.05, 0.1) is 4.92 Å². The SMILES string of the molecule is Cc1nn(C)c(CC(C)Br)c1[N+](=O)[O-]. The van der Waals surface area contributed by atoms with E-state index in [1.165, 1.54) is 0 Å². The molecule has 0 spiro atoms. The summed E-state index contributed by atoms with van der Waals surface area (Å²) < 4.78 is 1.57. The number of aromatic nitrogens is 2. The van der Waals surface area contributed by atoms with Crippen LogP contribution in [0.15, 0.2) is 0 Å². The molecule has 1 aromatic rings. The Morgan fingerprint density at radius 1 is 1.71 bits per heavy atom. The molecule has 14 heavy (non-hydrogen) atoms. The van der Waals surface area contributed by atoms with Crippen LogP contribution in [0.25, 0.3) is 0 Å². The number of hydrogen-bond donors (Lipinski definition) is 0. The van der Waals surface area contributed by atoms with Crippen molar-refractivity contribution < 1.29 is 4.92 Å². The second-order valence-corrected chi connectivity index (χ2v) is 4.81. The fourth-order valence-corrected chi connectivity index (χ4v) is 1.73. The molecule has 1 rings (SSSR count). The standard InChI is InChI=1S/C8H12BrN3O2/c1-5(9)4-7-8(12(13)14)6(2)10-11(7)3/h5H,4H2,1-3H3. The summed E-state index contributed by atoms with van der Waals surface area (Å²) >= 11 is 3.37.